The topological polar surface area (TPSA) is 86.2 Å². The van der Waals surface area contributed by atoms with Gasteiger partial charge in [-0.15, -0.1) is 0 Å². The van der Waals surface area contributed by atoms with Gasteiger partial charge in [0.2, 0.25) is 17.8 Å². The molecule has 1 fully saturated rings. The van der Waals surface area contributed by atoms with Gasteiger partial charge in [0, 0.05) is 27.2 Å². The standard InChI is InChI=1S/C14H26N6O/c1-4-9-15-11-17-12(19-13(18-11)20(2)3)16-10-14(21)7-5-6-8-14/h21H,4-10H2,1-3H3,(H2,15,16,17,18,19). The van der Waals surface area contributed by atoms with Gasteiger partial charge in [-0.2, -0.15) is 15.0 Å². The van der Waals surface area contributed by atoms with E-state index in [0.717, 1.165) is 38.6 Å². The first-order valence-corrected chi connectivity index (χ1v) is 7.66. The van der Waals surface area contributed by atoms with Crippen molar-refractivity contribution in [3.8, 4) is 0 Å². The first kappa shape index (κ1) is 15.8. The van der Waals surface area contributed by atoms with E-state index in [9.17, 15) is 5.11 Å². The zero-order valence-electron chi connectivity index (χ0n) is 13.2. The number of hydrogen-bond donors (Lipinski definition) is 3. The summed E-state index contributed by atoms with van der Waals surface area (Å²) in [7, 11) is 3.79. The van der Waals surface area contributed by atoms with E-state index in [1.165, 1.54) is 0 Å². The number of nitrogens with zero attached hydrogens (tertiary/aromatic N) is 4. The van der Waals surface area contributed by atoms with Crippen molar-refractivity contribution in [2.45, 2.75) is 44.6 Å². The Labute approximate surface area is 126 Å². The van der Waals surface area contributed by atoms with Crippen LogP contribution in [0.25, 0.3) is 0 Å². The molecule has 0 radical (unpaired) electrons. The molecule has 7 heteroatoms. The van der Waals surface area contributed by atoms with Crippen LogP contribution in [0.3, 0.4) is 0 Å². The van der Waals surface area contributed by atoms with Crippen molar-refractivity contribution in [1.82, 2.24) is 15.0 Å². The molecule has 1 aliphatic carbocycles. The van der Waals surface area contributed by atoms with Gasteiger partial charge in [-0.25, -0.2) is 0 Å². The van der Waals surface area contributed by atoms with Crippen LogP contribution in [0.1, 0.15) is 39.0 Å². The van der Waals surface area contributed by atoms with Crippen LogP contribution < -0.4 is 15.5 Å². The summed E-state index contributed by atoms with van der Waals surface area (Å²) in [6.45, 7) is 3.40. The van der Waals surface area contributed by atoms with E-state index in [2.05, 4.69) is 32.5 Å². The minimum absolute atomic E-state index is 0.483. The fraction of sp³-hybridized carbons (Fsp3) is 0.786. The van der Waals surface area contributed by atoms with E-state index in [1.807, 2.05) is 19.0 Å². The molecule has 0 aliphatic heterocycles. The van der Waals surface area contributed by atoms with Gasteiger partial charge >= 0.3 is 0 Å². The van der Waals surface area contributed by atoms with E-state index < -0.39 is 5.60 Å². The van der Waals surface area contributed by atoms with Crippen molar-refractivity contribution in [3.63, 3.8) is 0 Å². The number of aromatic nitrogens is 3. The molecule has 0 bridgehead atoms. The van der Waals surface area contributed by atoms with Crippen molar-refractivity contribution in [3.05, 3.63) is 0 Å². The largest absolute Gasteiger partial charge is 0.388 e. The molecule has 0 atom stereocenters. The van der Waals surface area contributed by atoms with E-state index in [-0.39, 0.29) is 0 Å². The summed E-state index contributed by atoms with van der Waals surface area (Å²) in [5, 5.41) is 16.7. The molecule has 1 aromatic heterocycles. The smallest absolute Gasteiger partial charge is 0.231 e. The molecule has 1 aliphatic rings. The number of rotatable bonds is 7. The quantitative estimate of drug-likeness (QED) is 0.702. The van der Waals surface area contributed by atoms with Crippen LogP contribution in [0.4, 0.5) is 17.8 Å². The molecule has 0 unspecified atom stereocenters. The Kier molecular flexibility index (Phi) is 5.17. The minimum atomic E-state index is -0.623. The summed E-state index contributed by atoms with van der Waals surface area (Å²) in [6, 6.07) is 0. The van der Waals surface area contributed by atoms with Gasteiger partial charge in [-0.05, 0) is 19.3 Å². The van der Waals surface area contributed by atoms with Crippen molar-refractivity contribution in [2.75, 3.05) is 42.7 Å². The molecule has 118 valence electrons. The third-order valence-electron chi connectivity index (χ3n) is 3.67. The molecule has 1 saturated carbocycles. The highest BCUT2D eigenvalue weighted by molar-refractivity contribution is 5.43. The zero-order chi connectivity index (χ0) is 15.3. The molecule has 0 aromatic carbocycles. The summed E-state index contributed by atoms with van der Waals surface area (Å²) >= 11 is 0. The fourth-order valence-electron chi connectivity index (χ4n) is 2.41. The average molecular weight is 294 g/mol. The molecular formula is C14H26N6O. The molecule has 7 nitrogen and oxygen atoms in total. The van der Waals surface area contributed by atoms with E-state index in [4.69, 9.17) is 0 Å². The van der Waals surface area contributed by atoms with Crippen LogP contribution in [-0.4, -0.2) is 52.8 Å². The summed E-state index contributed by atoms with van der Waals surface area (Å²) in [5.41, 5.74) is -0.623. The highest BCUT2D eigenvalue weighted by Crippen LogP contribution is 2.29. The maximum absolute atomic E-state index is 10.4. The lowest BCUT2D eigenvalue weighted by molar-refractivity contribution is 0.0613. The Bertz CT molecular complexity index is 459. The average Bonchev–Trinajstić information content (AvgIpc) is 2.90. The Morgan fingerprint density at radius 1 is 1.10 bits per heavy atom. The first-order chi connectivity index (χ1) is 10.0. The summed E-state index contributed by atoms with van der Waals surface area (Å²) in [5.74, 6) is 1.67. The predicted molar refractivity (Wildman–Crippen MR) is 84.8 cm³/mol. The zero-order valence-corrected chi connectivity index (χ0v) is 13.2. The molecule has 3 N–H and O–H groups in total. The van der Waals surface area contributed by atoms with Crippen LogP contribution in [0.5, 0.6) is 0 Å². The molecule has 0 amide bonds. The van der Waals surface area contributed by atoms with Gasteiger partial charge in [0.05, 0.1) is 5.60 Å². The Morgan fingerprint density at radius 3 is 2.29 bits per heavy atom. The van der Waals surface area contributed by atoms with Crippen LogP contribution >= 0.6 is 0 Å². The van der Waals surface area contributed by atoms with E-state index >= 15 is 0 Å². The second-order valence-electron chi connectivity index (χ2n) is 5.89. The highest BCUT2D eigenvalue weighted by atomic mass is 16.3. The third-order valence-corrected chi connectivity index (χ3v) is 3.67. The monoisotopic (exact) mass is 294 g/mol. The van der Waals surface area contributed by atoms with Crippen LogP contribution in [-0.2, 0) is 0 Å². The molecule has 21 heavy (non-hydrogen) atoms. The summed E-state index contributed by atoms with van der Waals surface area (Å²) in [4.78, 5) is 14.9. The number of anilines is 3. The van der Waals surface area contributed by atoms with Gasteiger partial charge < -0.3 is 20.6 Å². The molecule has 2 rings (SSSR count). The SMILES string of the molecule is CCCNc1nc(NCC2(O)CCCC2)nc(N(C)C)n1. The van der Waals surface area contributed by atoms with Gasteiger partial charge in [0.15, 0.2) is 0 Å². The predicted octanol–water partition coefficient (Wildman–Crippen LogP) is 1.48. The maximum atomic E-state index is 10.4. The van der Waals surface area contributed by atoms with Crippen molar-refractivity contribution in [2.24, 2.45) is 0 Å². The summed E-state index contributed by atoms with van der Waals surface area (Å²) in [6.07, 6.45) is 4.86. The minimum Gasteiger partial charge on any atom is -0.388 e. The van der Waals surface area contributed by atoms with Crippen LogP contribution in [0.15, 0.2) is 0 Å². The number of hydrogen-bond acceptors (Lipinski definition) is 7. The Morgan fingerprint density at radius 2 is 1.71 bits per heavy atom. The molecule has 0 spiro atoms. The lowest BCUT2D eigenvalue weighted by Gasteiger charge is -2.22. The highest BCUT2D eigenvalue weighted by Gasteiger charge is 2.31. The third kappa shape index (κ3) is 4.42. The van der Waals surface area contributed by atoms with Crippen molar-refractivity contribution in [1.29, 1.82) is 0 Å². The second kappa shape index (κ2) is 6.89. The Balaban J connectivity index is 2.07. The molecule has 0 saturated heterocycles. The lowest BCUT2D eigenvalue weighted by atomic mass is 10.0. The maximum Gasteiger partial charge on any atom is 0.231 e. The fourth-order valence-corrected chi connectivity index (χ4v) is 2.41. The molecule has 1 aromatic rings. The van der Waals surface area contributed by atoms with Gasteiger partial charge in [-0.1, -0.05) is 19.8 Å². The van der Waals surface area contributed by atoms with Crippen molar-refractivity contribution < 1.29 is 5.11 Å². The second-order valence-corrected chi connectivity index (χ2v) is 5.89. The van der Waals surface area contributed by atoms with Gasteiger partial charge in [0.1, 0.15) is 0 Å². The van der Waals surface area contributed by atoms with Crippen molar-refractivity contribution >= 4 is 17.8 Å². The Hall–Kier alpha value is -1.63. The first-order valence-electron chi connectivity index (χ1n) is 7.66. The van der Waals surface area contributed by atoms with Gasteiger partial charge in [0.25, 0.3) is 0 Å². The normalized spacial score (nSPS) is 16.8. The molecule has 1 heterocycles. The lowest BCUT2D eigenvalue weighted by Crippen LogP contribution is -2.34. The summed E-state index contributed by atoms with van der Waals surface area (Å²) < 4.78 is 0. The van der Waals surface area contributed by atoms with Gasteiger partial charge in [-0.3, -0.25) is 0 Å². The molecular weight excluding hydrogens is 268 g/mol. The number of nitrogens with one attached hydrogen (secondary N) is 2. The van der Waals surface area contributed by atoms with Crippen LogP contribution in [0, 0.1) is 0 Å². The van der Waals surface area contributed by atoms with E-state index in [0.29, 0.717) is 24.4 Å². The van der Waals surface area contributed by atoms with E-state index in [1.54, 1.807) is 0 Å². The van der Waals surface area contributed by atoms with Crippen LogP contribution in [0.2, 0.25) is 0 Å². The number of aliphatic hydroxyl groups is 1.